The third-order valence-corrected chi connectivity index (χ3v) is 1.95. The van der Waals surface area contributed by atoms with E-state index in [4.69, 9.17) is 9.47 Å². The van der Waals surface area contributed by atoms with Gasteiger partial charge < -0.3 is 9.47 Å². The van der Waals surface area contributed by atoms with Gasteiger partial charge in [-0.25, -0.2) is 0 Å². The lowest BCUT2D eigenvalue weighted by atomic mass is 10.1. The van der Waals surface area contributed by atoms with E-state index in [9.17, 15) is 0 Å². The Labute approximate surface area is 68.9 Å². The van der Waals surface area contributed by atoms with E-state index in [2.05, 4.69) is 13.8 Å². The van der Waals surface area contributed by atoms with Crippen LogP contribution in [0.2, 0.25) is 0 Å². The molecule has 11 heavy (non-hydrogen) atoms. The van der Waals surface area contributed by atoms with Crippen molar-refractivity contribution < 1.29 is 9.47 Å². The van der Waals surface area contributed by atoms with Crippen molar-refractivity contribution in [2.75, 3.05) is 19.8 Å². The maximum absolute atomic E-state index is 5.50. The van der Waals surface area contributed by atoms with Gasteiger partial charge in [0.15, 0.2) is 0 Å². The molecule has 0 N–H and O–H groups in total. The molecule has 0 aromatic heterocycles. The predicted octanol–water partition coefficient (Wildman–Crippen LogP) is 1.84. The van der Waals surface area contributed by atoms with Gasteiger partial charge in [0, 0.05) is 0 Å². The topological polar surface area (TPSA) is 18.5 Å². The van der Waals surface area contributed by atoms with Crippen LogP contribution in [0, 0.1) is 5.92 Å². The zero-order chi connectivity index (χ0) is 8.10. The molecular weight excluding hydrogens is 140 g/mol. The van der Waals surface area contributed by atoms with E-state index in [0.29, 0.717) is 6.10 Å². The van der Waals surface area contributed by atoms with Crippen LogP contribution < -0.4 is 0 Å². The van der Waals surface area contributed by atoms with Gasteiger partial charge in [-0.15, -0.1) is 0 Å². The lowest BCUT2D eigenvalue weighted by Gasteiger charge is -2.23. The summed E-state index contributed by atoms with van der Waals surface area (Å²) in [5.74, 6) is 0.778. The minimum absolute atomic E-state index is 0.367. The largest absolute Gasteiger partial charge is 0.376 e. The van der Waals surface area contributed by atoms with Crippen molar-refractivity contribution in [3.8, 4) is 0 Å². The molecule has 1 saturated heterocycles. The number of rotatable bonds is 3. The molecule has 0 amide bonds. The molecule has 0 aliphatic carbocycles. The highest BCUT2D eigenvalue weighted by Crippen LogP contribution is 2.11. The number of ether oxygens (including phenoxy) is 2. The molecule has 1 aliphatic heterocycles. The molecule has 0 spiro atoms. The average molecular weight is 158 g/mol. The zero-order valence-corrected chi connectivity index (χ0v) is 7.51. The monoisotopic (exact) mass is 158 g/mol. The molecule has 0 aromatic rings. The Balaban J connectivity index is 2.05. The van der Waals surface area contributed by atoms with Gasteiger partial charge >= 0.3 is 0 Å². The molecule has 66 valence electrons. The van der Waals surface area contributed by atoms with Gasteiger partial charge in [-0.2, -0.15) is 0 Å². The standard InChI is InChI=1S/C9H18O2/c1-8(2)3-4-9-7-10-5-6-11-9/h8-9H,3-7H2,1-2H3. The first-order valence-electron chi connectivity index (χ1n) is 4.48. The van der Waals surface area contributed by atoms with E-state index in [1.807, 2.05) is 0 Å². The van der Waals surface area contributed by atoms with Crippen molar-refractivity contribution in [1.82, 2.24) is 0 Å². The minimum atomic E-state index is 0.367. The third-order valence-electron chi connectivity index (χ3n) is 1.95. The van der Waals surface area contributed by atoms with Crippen LogP contribution in [0.5, 0.6) is 0 Å². The highest BCUT2D eigenvalue weighted by Gasteiger charge is 2.13. The van der Waals surface area contributed by atoms with Crippen molar-refractivity contribution in [2.24, 2.45) is 5.92 Å². The summed E-state index contributed by atoms with van der Waals surface area (Å²) in [6, 6.07) is 0. The highest BCUT2D eigenvalue weighted by molar-refractivity contribution is 4.61. The summed E-state index contributed by atoms with van der Waals surface area (Å²) in [5.41, 5.74) is 0. The zero-order valence-electron chi connectivity index (χ0n) is 7.51. The van der Waals surface area contributed by atoms with Crippen molar-refractivity contribution in [2.45, 2.75) is 32.8 Å². The molecule has 1 atom stereocenters. The van der Waals surface area contributed by atoms with E-state index < -0.39 is 0 Å². The van der Waals surface area contributed by atoms with Gasteiger partial charge in [0.05, 0.1) is 25.9 Å². The summed E-state index contributed by atoms with van der Waals surface area (Å²) in [6.07, 6.45) is 2.76. The maximum atomic E-state index is 5.50. The summed E-state index contributed by atoms with van der Waals surface area (Å²) in [4.78, 5) is 0. The molecule has 0 radical (unpaired) electrons. The van der Waals surface area contributed by atoms with Crippen LogP contribution in [0.25, 0.3) is 0 Å². The molecule has 0 aromatic carbocycles. The Hall–Kier alpha value is -0.0800. The van der Waals surface area contributed by atoms with E-state index in [0.717, 1.165) is 32.2 Å². The second kappa shape index (κ2) is 4.73. The first-order chi connectivity index (χ1) is 5.29. The first kappa shape index (κ1) is 9.01. The van der Waals surface area contributed by atoms with Gasteiger partial charge in [-0.1, -0.05) is 13.8 Å². The van der Waals surface area contributed by atoms with Crippen molar-refractivity contribution in [1.29, 1.82) is 0 Å². The Morgan fingerprint density at radius 3 is 2.73 bits per heavy atom. The van der Waals surface area contributed by atoms with Crippen LogP contribution in [0.15, 0.2) is 0 Å². The van der Waals surface area contributed by atoms with E-state index in [-0.39, 0.29) is 0 Å². The second-order valence-corrected chi connectivity index (χ2v) is 3.54. The van der Waals surface area contributed by atoms with Crippen LogP contribution in [0.1, 0.15) is 26.7 Å². The lowest BCUT2D eigenvalue weighted by Crippen LogP contribution is -2.28. The molecule has 1 fully saturated rings. The molecular formula is C9H18O2. The van der Waals surface area contributed by atoms with E-state index in [1.165, 1.54) is 6.42 Å². The fraction of sp³-hybridized carbons (Fsp3) is 1.00. The molecule has 2 nitrogen and oxygen atoms in total. The van der Waals surface area contributed by atoms with E-state index in [1.54, 1.807) is 0 Å². The van der Waals surface area contributed by atoms with Gasteiger partial charge in [0.2, 0.25) is 0 Å². The normalized spacial score (nSPS) is 25.9. The highest BCUT2D eigenvalue weighted by atomic mass is 16.6. The Bertz CT molecular complexity index is 95.7. The summed E-state index contributed by atoms with van der Waals surface area (Å²) in [6.45, 7) is 6.83. The average Bonchev–Trinajstić information content (AvgIpc) is 2.03. The first-order valence-corrected chi connectivity index (χ1v) is 4.48. The predicted molar refractivity (Wildman–Crippen MR) is 44.6 cm³/mol. The van der Waals surface area contributed by atoms with Crippen molar-refractivity contribution >= 4 is 0 Å². The number of hydrogen-bond donors (Lipinski definition) is 0. The van der Waals surface area contributed by atoms with Gasteiger partial charge in [0.25, 0.3) is 0 Å². The van der Waals surface area contributed by atoms with Crippen molar-refractivity contribution in [3.63, 3.8) is 0 Å². The molecule has 2 heteroatoms. The fourth-order valence-corrected chi connectivity index (χ4v) is 1.22. The third kappa shape index (κ3) is 3.73. The molecule has 0 saturated carbocycles. The van der Waals surface area contributed by atoms with Gasteiger partial charge in [-0.05, 0) is 18.8 Å². The van der Waals surface area contributed by atoms with Gasteiger partial charge in [-0.3, -0.25) is 0 Å². The second-order valence-electron chi connectivity index (χ2n) is 3.54. The summed E-state index contributed by atoms with van der Waals surface area (Å²) < 4.78 is 10.8. The van der Waals surface area contributed by atoms with E-state index >= 15 is 0 Å². The fourth-order valence-electron chi connectivity index (χ4n) is 1.22. The minimum Gasteiger partial charge on any atom is -0.376 e. The Morgan fingerprint density at radius 2 is 2.18 bits per heavy atom. The quantitative estimate of drug-likeness (QED) is 0.624. The smallest absolute Gasteiger partial charge is 0.0809 e. The van der Waals surface area contributed by atoms with Crippen LogP contribution in [-0.2, 0) is 9.47 Å². The SMILES string of the molecule is CC(C)CCC1COCCO1. The molecule has 1 rings (SSSR count). The summed E-state index contributed by atoms with van der Waals surface area (Å²) in [7, 11) is 0. The van der Waals surface area contributed by atoms with Gasteiger partial charge in [0.1, 0.15) is 0 Å². The maximum Gasteiger partial charge on any atom is 0.0809 e. The Kier molecular flexibility index (Phi) is 3.87. The van der Waals surface area contributed by atoms with Crippen molar-refractivity contribution in [3.05, 3.63) is 0 Å². The molecule has 1 aliphatic rings. The van der Waals surface area contributed by atoms with Crippen LogP contribution in [0.4, 0.5) is 0 Å². The lowest BCUT2D eigenvalue weighted by molar-refractivity contribution is -0.0919. The van der Waals surface area contributed by atoms with Crippen LogP contribution in [0.3, 0.4) is 0 Å². The summed E-state index contributed by atoms with van der Waals surface area (Å²) >= 11 is 0. The molecule has 1 heterocycles. The molecule has 1 unspecified atom stereocenters. The summed E-state index contributed by atoms with van der Waals surface area (Å²) in [5, 5.41) is 0. The Morgan fingerprint density at radius 1 is 1.36 bits per heavy atom. The number of hydrogen-bond acceptors (Lipinski definition) is 2. The van der Waals surface area contributed by atoms with Crippen LogP contribution in [-0.4, -0.2) is 25.9 Å². The van der Waals surface area contributed by atoms with Crippen LogP contribution >= 0.6 is 0 Å². The molecule has 0 bridgehead atoms.